The zero-order valence-electron chi connectivity index (χ0n) is 10.7. The fraction of sp³-hybridized carbons (Fsp3) is 0.571. The van der Waals surface area contributed by atoms with Crippen molar-refractivity contribution < 1.29 is 0 Å². The Kier molecular flexibility index (Phi) is 8.44. The molecule has 0 fully saturated rings. The molecule has 0 spiro atoms. The lowest BCUT2D eigenvalue weighted by atomic mass is 10.1. The number of hydrogen-bond acceptors (Lipinski definition) is 2. The number of nitrogens with two attached hydrogens (primary N) is 1. The topological polar surface area (TPSA) is 38.0 Å². The van der Waals surface area contributed by atoms with Gasteiger partial charge in [-0.3, -0.25) is 0 Å². The van der Waals surface area contributed by atoms with Gasteiger partial charge in [-0.15, -0.1) is 0 Å². The van der Waals surface area contributed by atoms with Gasteiger partial charge in [0.2, 0.25) is 0 Å². The van der Waals surface area contributed by atoms with E-state index in [1.54, 1.807) is 6.07 Å². The fourth-order valence-corrected chi connectivity index (χ4v) is 2.44. The maximum atomic E-state index is 5.94. The van der Waals surface area contributed by atoms with E-state index in [1.165, 1.54) is 25.7 Å². The lowest BCUT2D eigenvalue weighted by Gasteiger charge is -2.06. The van der Waals surface area contributed by atoms with Crippen LogP contribution in [0.25, 0.3) is 0 Å². The van der Waals surface area contributed by atoms with Crippen molar-refractivity contribution in [3.05, 3.63) is 33.8 Å². The molecule has 0 radical (unpaired) electrons. The fourth-order valence-electron chi connectivity index (χ4n) is 1.87. The molecule has 1 aromatic rings. The normalized spacial score (nSPS) is 10.8. The first kappa shape index (κ1) is 15.8. The third kappa shape index (κ3) is 7.22. The van der Waals surface area contributed by atoms with Crippen LogP contribution < -0.4 is 11.1 Å². The van der Waals surface area contributed by atoms with Crippen LogP contribution in [-0.2, 0) is 6.54 Å². The highest BCUT2D eigenvalue weighted by atomic mass is 35.5. The molecule has 0 aliphatic heterocycles. The van der Waals surface area contributed by atoms with Crippen LogP contribution in [0.3, 0.4) is 0 Å². The largest absolute Gasteiger partial charge is 0.330 e. The second kappa shape index (κ2) is 9.62. The van der Waals surface area contributed by atoms with E-state index in [1.807, 2.05) is 12.1 Å². The van der Waals surface area contributed by atoms with Gasteiger partial charge in [-0.2, -0.15) is 0 Å². The van der Waals surface area contributed by atoms with Crippen molar-refractivity contribution >= 4 is 23.2 Å². The second-order valence-corrected chi connectivity index (χ2v) is 5.38. The van der Waals surface area contributed by atoms with Crippen molar-refractivity contribution in [2.75, 3.05) is 13.1 Å². The Morgan fingerprint density at radius 1 is 0.889 bits per heavy atom. The van der Waals surface area contributed by atoms with E-state index in [9.17, 15) is 0 Å². The Morgan fingerprint density at radius 2 is 1.50 bits per heavy atom. The average Bonchev–Trinajstić information content (AvgIpc) is 2.31. The van der Waals surface area contributed by atoms with Gasteiger partial charge in [0.15, 0.2) is 0 Å². The molecule has 0 amide bonds. The van der Waals surface area contributed by atoms with Gasteiger partial charge in [0.1, 0.15) is 0 Å². The van der Waals surface area contributed by atoms with Crippen LogP contribution >= 0.6 is 23.2 Å². The van der Waals surface area contributed by atoms with Gasteiger partial charge >= 0.3 is 0 Å². The smallest absolute Gasteiger partial charge is 0.0424 e. The van der Waals surface area contributed by atoms with Crippen LogP contribution in [0, 0.1) is 0 Å². The maximum Gasteiger partial charge on any atom is 0.0424 e. The van der Waals surface area contributed by atoms with Crippen LogP contribution in [0.1, 0.15) is 37.7 Å². The summed E-state index contributed by atoms with van der Waals surface area (Å²) in [5.41, 5.74) is 6.58. The van der Waals surface area contributed by atoms with Gasteiger partial charge in [0.05, 0.1) is 0 Å². The number of hydrogen-bond donors (Lipinski definition) is 2. The van der Waals surface area contributed by atoms with Crippen molar-refractivity contribution in [2.45, 2.75) is 38.6 Å². The number of benzene rings is 1. The molecule has 2 nitrogen and oxygen atoms in total. The molecular weight excluding hydrogens is 267 g/mol. The van der Waals surface area contributed by atoms with Gasteiger partial charge < -0.3 is 11.1 Å². The zero-order chi connectivity index (χ0) is 13.2. The molecule has 0 aliphatic carbocycles. The summed E-state index contributed by atoms with van der Waals surface area (Å²) in [5.74, 6) is 0. The van der Waals surface area contributed by atoms with Crippen molar-refractivity contribution in [3.8, 4) is 0 Å². The van der Waals surface area contributed by atoms with Crippen molar-refractivity contribution in [1.29, 1.82) is 0 Å². The first-order valence-corrected chi connectivity index (χ1v) is 7.33. The minimum Gasteiger partial charge on any atom is -0.330 e. The van der Waals surface area contributed by atoms with Crippen LogP contribution in [0.2, 0.25) is 10.0 Å². The molecule has 4 heteroatoms. The van der Waals surface area contributed by atoms with E-state index < -0.39 is 0 Å². The summed E-state index contributed by atoms with van der Waals surface area (Å²) in [6.07, 6.45) is 6.15. The molecule has 3 N–H and O–H groups in total. The Labute approximate surface area is 120 Å². The van der Waals surface area contributed by atoms with E-state index in [0.717, 1.165) is 31.6 Å². The number of halogens is 2. The second-order valence-electron chi connectivity index (χ2n) is 4.51. The van der Waals surface area contributed by atoms with Gasteiger partial charge in [0.25, 0.3) is 0 Å². The highest BCUT2D eigenvalue weighted by Gasteiger charge is 1.98. The van der Waals surface area contributed by atoms with Crippen molar-refractivity contribution in [2.24, 2.45) is 5.73 Å². The molecule has 1 rings (SSSR count). The lowest BCUT2D eigenvalue weighted by Crippen LogP contribution is -2.14. The van der Waals surface area contributed by atoms with E-state index in [0.29, 0.717) is 10.0 Å². The van der Waals surface area contributed by atoms with Crippen molar-refractivity contribution in [1.82, 2.24) is 5.32 Å². The van der Waals surface area contributed by atoms with Crippen LogP contribution in [0.15, 0.2) is 18.2 Å². The highest BCUT2D eigenvalue weighted by molar-refractivity contribution is 6.34. The Bertz CT molecular complexity index is 322. The molecule has 102 valence electrons. The molecule has 18 heavy (non-hydrogen) atoms. The summed E-state index contributed by atoms with van der Waals surface area (Å²) in [7, 11) is 0. The van der Waals surface area contributed by atoms with Gasteiger partial charge in [0, 0.05) is 16.6 Å². The minimum atomic E-state index is 0.695. The number of rotatable bonds is 9. The van der Waals surface area contributed by atoms with Gasteiger partial charge in [-0.1, -0.05) is 42.5 Å². The third-order valence-electron chi connectivity index (χ3n) is 2.81. The molecule has 0 aromatic heterocycles. The monoisotopic (exact) mass is 288 g/mol. The predicted octanol–water partition coefficient (Wildman–Crippen LogP) is 3.99. The third-order valence-corrected chi connectivity index (χ3v) is 3.25. The lowest BCUT2D eigenvalue weighted by molar-refractivity contribution is 0.577. The average molecular weight is 289 g/mol. The summed E-state index contributed by atoms with van der Waals surface area (Å²) in [6.45, 7) is 2.67. The van der Waals surface area contributed by atoms with Gasteiger partial charge in [-0.25, -0.2) is 0 Å². The van der Waals surface area contributed by atoms with E-state index in [4.69, 9.17) is 28.9 Å². The summed E-state index contributed by atoms with van der Waals surface area (Å²) in [6, 6.07) is 5.65. The number of nitrogens with one attached hydrogen (secondary N) is 1. The quantitative estimate of drug-likeness (QED) is 0.674. The van der Waals surface area contributed by atoms with Gasteiger partial charge in [-0.05, 0) is 49.7 Å². The molecule has 0 saturated carbocycles. The van der Waals surface area contributed by atoms with E-state index in [-0.39, 0.29) is 0 Å². The molecular formula is C14H22Cl2N2. The predicted molar refractivity (Wildman–Crippen MR) is 80.3 cm³/mol. The summed E-state index contributed by atoms with van der Waals surface area (Å²) in [4.78, 5) is 0. The standard InChI is InChI=1S/C14H22Cl2N2/c15-13-8-12(9-14(16)10-13)11-18-7-5-3-1-2-4-6-17/h8-10,18H,1-7,11,17H2. The Balaban J connectivity index is 2.07. The Morgan fingerprint density at radius 3 is 2.17 bits per heavy atom. The minimum absolute atomic E-state index is 0.695. The highest BCUT2D eigenvalue weighted by Crippen LogP contribution is 2.18. The first-order chi connectivity index (χ1) is 8.72. The van der Waals surface area contributed by atoms with E-state index in [2.05, 4.69) is 5.32 Å². The summed E-state index contributed by atoms with van der Waals surface area (Å²) < 4.78 is 0. The summed E-state index contributed by atoms with van der Waals surface area (Å²) >= 11 is 11.9. The van der Waals surface area contributed by atoms with Crippen LogP contribution in [0.5, 0.6) is 0 Å². The molecule has 0 heterocycles. The first-order valence-electron chi connectivity index (χ1n) is 6.58. The molecule has 0 atom stereocenters. The number of unbranched alkanes of at least 4 members (excludes halogenated alkanes) is 4. The maximum absolute atomic E-state index is 5.94. The molecule has 0 unspecified atom stereocenters. The zero-order valence-corrected chi connectivity index (χ0v) is 12.2. The molecule has 0 bridgehead atoms. The van der Waals surface area contributed by atoms with Crippen LogP contribution in [0.4, 0.5) is 0 Å². The SMILES string of the molecule is NCCCCCCCNCc1cc(Cl)cc(Cl)c1. The molecule has 0 aliphatic rings. The van der Waals surface area contributed by atoms with Crippen LogP contribution in [-0.4, -0.2) is 13.1 Å². The molecule has 0 saturated heterocycles. The molecule has 1 aromatic carbocycles. The van der Waals surface area contributed by atoms with E-state index >= 15 is 0 Å². The van der Waals surface area contributed by atoms with Crippen molar-refractivity contribution in [3.63, 3.8) is 0 Å². The Hall–Kier alpha value is -0.280. The summed E-state index contributed by atoms with van der Waals surface area (Å²) in [5, 5.41) is 4.80.